The monoisotopic (exact) mass is 231 g/mol. The third-order valence-electron chi connectivity index (χ3n) is 2.50. The van der Waals surface area contributed by atoms with Crippen molar-refractivity contribution in [1.82, 2.24) is 0 Å². The molecule has 2 N–H and O–H groups in total. The fraction of sp³-hybridized carbons (Fsp3) is 0.500. The van der Waals surface area contributed by atoms with Crippen molar-refractivity contribution in [2.45, 2.75) is 38.9 Å². The molecule has 0 aliphatic heterocycles. The Kier molecular flexibility index (Phi) is 3.97. The average molecular weight is 231 g/mol. The lowest BCUT2D eigenvalue weighted by Crippen LogP contribution is -2.15. The Morgan fingerprint density at radius 2 is 1.94 bits per heavy atom. The molecular weight excluding hydrogens is 215 g/mol. The first-order chi connectivity index (χ1) is 7.30. The number of nitrogens with two attached hydrogens (primary N) is 1. The highest BCUT2D eigenvalue weighted by molar-refractivity contribution is 5.33. The van der Waals surface area contributed by atoms with Crippen molar-refractivity contribution in [3.63, 3.8) is 0 Å². The van der Waals surface area contributed by atoms with Gasteiger partial charge in [-0.15, -0.1) is 0 Å². The average Bonchev–Trinajstić information content (AvgIpc) is 2.14. The summed E-state index contributed by atoms with van der Waals surface area (Å²) in [6.07, 6.45) is -2.99. The van der Waals surface area contributed by atoms with Crippen LogP contribution in [0.2, 0.25) is 0 Å². The van der Waals surface area contributed by atoms with Crippen molar-refractivity contribution in [1.29, 1.82) is 0 Å². The van der Waals surface area contributed by atoms with E-state index in [0.29, 0.717) is 18.4 Å². The summed E-state index contributed by atoms with van der Waals surface area (Å²) in [5, 5.41) is 0. The van der Waals surface area contributed by atoms with E-state index in [1.54, 1.807) is 6.07 Å². The summed E-state index contributed by atoms with van der Waals surface area (Å²) < 4.78 is 37.8. The van der Waals surface area contributed by atoms with Gasteiger partial charge in [-0.3, -0.25) is 0 Å². The van der Waals surface area contributed by atoms with Gasteiger partial charge < -0.3 is 5.73 Å². The van der Waals surface area contributed by atoms with E-state index in [9.17, 15) is 13.2 Å². The van der Waals surface area contributed by atoms with Crippen molar-refractivity contribution in [3.8, 4) is 0 Å². The Balaban J connectivity index is 2.90. The smallest absolute Gasteiger partial charge is 0.328 e. The molecule has 0 spiro atoms. The molecule has 0 heterocycles. The third kappa shape index (κ3) is 3.52. The standard InChI is InChI=1S/C12H16F3N/c1-8-3-5-10(6-4-9(2)16)7-11(8)12(13,14)15/h3,5,7,9H,4,6,16H2,1-2H3. The summed E-state index contributed by atoms with van der Waals surface area (Å²) in [4.78, 5) is 0. The van der Waals surface area contributed by atoms with Gasteiger partial charge in [-0.1, -0.05) is 12.1 Å². The van der Waals surface area contributed by atoms with Crippen LogP contribution >= 0.6 is 0 Å². The first kappa shape index (κ1) is 13.0. The highest BCUT2D eigenvalue weighted by Gasteiger charge is 2.32. The van der Waals surface area contributed by atoms with Gasteiger partial charge in [0, 0.05) is 6.04 Å². The van der Waals surface area contributed by atoms with Gasteiger partial charge in [0.25, 0.3) is 0 Å². The maximum atomic E-state index is 12.6. The van der Waals surface area contributed by atoms with Crippen molar-refractivity contribution in [2.24, 2.45) is 5.73 Å². The van der Waals surface area contributed by atoms with E-state index in [1.807, 2.05) is 6.92 Å². The maximum absolute atomic E-state index is 12.6. The lowest BCUT2D eigenvalue weighted by Gasteiger charge is -2.12. The predicted octanol–water partition coefficient (Wildman–Crippen LogP) is 3.29. The molecule has 90 valence electrons. The highest BCUT2D eigenvalue weighted by atomic mass is 19.4. The number of halogens is 3. The molecule has 1 rings (SSSR count). The zero-order chi connectivity index (χ0) is 12.3. The molecule has 4 heteroatoms. The fourth-order valence-electron chi connectivity index (χ4n) is 1.52. The lowest BCUT2D eigenvalue weighted by atomic mass is 10.0. The van der Waals surface area contributed by atoms with Crippen LogP contribution in [0.1, 0.15) is 30.0 Å². The van der Waals surface area contributed by atoms with Crippen LogP contribution in [0, 0.1) is 6.92 Å². The second kappa shape index (κ2) is 4.87. The van der Waals surface area contributed by atoms with Gasteiger partial charge in [0.1, 0.15) is 0 Å². The second-order valence-corrected chi connectivity index (χ2v) is 4.16. The van der Waals surface area contributed by atoms with E-state index in [4.69, 9.17) is 5.73 Å². The van der Waals surface area contributed by atoms with Crippen LogP contribution in [-0.4, -0.2) is 6.04 Å². The van der Waals surface area contributed by atoms with Crippen molar-refractivity contribution >= 4 is 0 Å². The molecular formula is C12H16F3N. The second-order valence-electron chi connectivity index (χ2n) is 4.16. The number of alkyl halides is 3. The third-order valence-corrected chi connectivity index (χ3v) is 2.50. The summed E-state index contributed by atoms with van der Waals surface area (Å²) in [5.74, 6) is 0. The zero-order valence-electron chi connectivity index (χ0n) is 9.43. The Morgan fingerprint density at radius 1 is 1.31 bits per heavy atom. The van der Waals surface area contributed by atoms with Crippen molar-refractivity contribution in [2.75, 3.05) is 0 Å². The summed E-state index contributed by atoms with van der Waals surface area (Å²) >= 11 is 0. The Hall–Kier alpha value is -1.03. The number of benzene rings is 1. The molecule has 0 fully saturated rings. The van der Waals surface area contributed by atoms with E-state index in [2.05, 4.69) is 0 Å². The van der Waals surface area contributed by atoms with Gasteiger partial charge >= 0.3 is 6.18 Å². The van der Waals surface area contributed by atoms with Crippen LogP contribution in [-0.2, 0) is 12.6 Å². The molecule has 0 radical (unpaired) electrons. The lowest BCUT2D eigenvalue weighted by molar-refractivity contribution is -0.138. The number of rotatable bonds is 3. The summed E-state index contributed by atoms with van der Waals surface area (Å²) in [6.45, 7) is 3.32. The maximum Gasteiger partial charge on any atom is 0.416 e. The predicted molar refractivity (Wildman–Crippen MR) is 58.2 cm³/mol. The summed E-state index contributed by atoms with van der Waals surface area (Å²) in [7, 11) is 0. The van der Waals surface area contributed by atoms with Crippen molar-refractivity contribution < 1.29 is 13.2 Å². The molecule has 1 atom stereocenters. The van der Waals surface area contributed by atoms with E-state index >= 15 is 0 Å². The number of hydrogen-bond acceptors (Lipinski definition) is 1. The summed E-state index contributed by atoms with van der Waals surface area (Å²) in [6, 6.07) is 4.47. The topological polar surface area (TPSA) is 26.0 Å². The minimum atomic E-state index is -4.27. The summed E-state index contributed by atoms with van der Waals surface area (Å²) in [5.41, 5.74) is 5.98. The quantitative estimate of drug-likeness (QED) is 0.848. The van der Waals surface area contributed by atoms with Gasteiger partial charge in [0.2, 0.25) is 0 Å². The normalized spacial score (nSPS) is 13.9. The fourth-order valence-corrected chi connectivity index (χ4v) is 1.52. The van der Waals surface area contributed by atoms with Crippen LogP contribution in [0.3, 0.4) is 0 Å². The van der Waals surface area contributed by atoms with Gasteiger partial charge in [0.05, 0.1) is 5.56 Å². The van der Waals surface area contributed by atoms with E-state index in [0.717, 1.165) is 0 Å². The first-order valence-corrected chi connectivity index (χ1v) is 5.23. The van der Waals surface area contributed by atoms with E-state index < -0.39 is 11.7 Å². The Labute approximate surface area is 93.5 Å². The van der Waals surface area contributed by atoms with Gasteiger partial charge in [0.15, 0.2) is 0 Å². The molecule has 1 nitrogen and oxygen atoms in total. The Morgan fingerprint density at radius 3 is 2.44 bits per heavy atom. The van der Waals surface area contributed by atoms with Crippen molar-refractivity contribution in [3.05, 3.63) is 34.9 Å². The number of aryl methyl sites for hydroxylation is 2. The molecule has 0 aliphatic carbocycles. The Bertz CT molecular complexity index is 356. The van der Waals surface area contributed by atoms with Crippen LogP contribution < -0.4 is 5.73 Å². The first-order valence-electron chi connectivity index (χ1n) is 5.23. The molecule has 0 saturated heterocycles. The van der Waals surface area contributed by atoms with Crippen LogP contribution in [0.4, 0.5) is 13.2 Å². The number of hydrogen-bond donors (Lipinski definition) is 1. The molecule has 0 aliphatic rings. The van der Waals surface area contributed by atoms with Crippen LogP contribution in [0.15, 0.2) is 18.2 Å². The highest BCUT2D eigenvalue weighted by Crippen LogP contribution is 2.32. The largest absolute Gasteiger partial charge is 0.416 e. The minimum Gasteiger partial charge on any atom is -0.328 e. The SMILES string of the molecule is Cc1ccc(CCC(C)N)cc1C(F)(F)F. The zero-order valence-corrected chi connectivity index (χ0v) is 9.43. The van der Waals surface area contributed by atoms with Crippen LogP contribution in [0.5, 0.6) is 0 Å². The molecule has 0 saturated carbocycles. The molecule has 0 aromatic heterocycles. The minimum absolute atomic E-state index is 0.00985. The van der Waals surface area contributed by atoms with Gasteiger partial charge in [-0.05, 0) is 43.9 Å². The van der Waals surface area contributed by atoms with Crippen LogP contribution in [0.25, 0.3) is 0 Å². The van der Waals surface area contributed by atoms with E-state index in [-0.39, 0.29) is 11.6 Å². The molecule has 1 aromatic rings. The molecule has 0 bridgehead atoms. The molecule has 1 unspecified atom stereocenters. The van der Waals surface area contributed by atoms with Gasteiger partial charge in [-0.2, -0.15) is 13.2 Å². The molecule has 16 heavy (non-hydrogen) atoms. The molecule has 0 amide bonds. The van der Waals surface area contributed by atoms with Gasteiger partial charge in [-0.25, -0.2) is 0 Å². The van der Waals surface area contributed by atoms with E-state index in [1.165, 1.54) is 19.1 Å². The molecule has 1 aromatic carbocycles.